The first-order chi connectivity index (χ1) is 22.3. The molecule has 0 radical (unpaired) electrons. The lowest BCUT2D eigenvalue weighted by Gasteiger charge is -2.37. The van der Waals surface area contributed by atoms with Crippen LogP contribution in [0.15, 0.2) is 77.9 Å². The molecular formula is C37H42ClFN4O3Si. The predicted octanol–water partition coefficient (Wildman–Crippen LogP) is 9.34. The zero-order chi connectivity index (χ0) is 33.5. The minimum absolute atomic E-state index is 0.00159. The average molecular weight is 673 g/mol. The quantitative estimate of drug-likeness (QED) is 0.154. The molecule has 2 unspecified atom stereocenters. The van der Waals surface area contributed by atoms with Crippen molar-refractivity contribution in [2.75, 3.05) is 13.2 Å². The highest BCUT2D eigenvalue weighted by Gasteiger charge is 2.38. The molecular weight excluding hydrogens is 631 g/mol. The fourth-order valence-corrected chi connectivity index (χ4v) is 7.10. The Morgan fingerprint density at radius 1 is 1.09 bits per heavy atom. The molecule has 0 N–H and O–H groups in total. The van der Waals surface area contributed by atoms with Crippen molar-refractivity contribution in [1.82, 2.24) is 19.3 Å². The van der Waals surface area contributed by atoms with Gasteiger partial charge in [-0.1, -0.05) is 44.5 Å². The molecule has 0 saturated carbocycles. The molecule has 0 bridgehead atoms. The Balaban J connectivity index is 1.43. The van der Waals surface area contributed by atoms with E-state index in [1.54, 1.807) is 29.1 Å². The summed E-state index contributed by atoms with van der Waals surface area (Å²) < 4.78 is 32.2. The third-order valence-electron chi connectivity index (χ3n) is 9.63. The van der Waals surface area contributed by atoms with E-state index < -0.39 is 20.2 Å². The largest absolute Gasteiger partial charge is 0.414 e. The van der Waals surface area contributed by atoms with E-state index in [0.29, 0.717) is 34.9 Å². The normalized spacial score (nSPS) is 16.5. The summed E-state index contributed by atoms with van der Waals surface area (Å²) in [5.74, 6) is -0.434. The lowest BCUT2D eigenvalue weighted by molar-refractivity contribution is -0.0365. The Morgan fingerprint density at radius 3 is 2.57 bits per heavy atom. The average Bonchev–Trinajstić information content (AvgIpc) is 3.39. The van der Waals surface area contributed by atoms with Crippen molar-refractivity contribution in [1.29, 1.82) is 0 Å². The zero-order valence-electron chi connectivity index (χ0n) is 27.9. The van der Waals surface area contributed by atoms with E-state index in [9.17, 15) is 4.79 Å². The van der Waals surface area contributed by atoms with Crippen molar-refractivity contribution in [3.63, 3.8) is 0 Å². The Labute approximate surface area is 281 Å². The predicted molar refractivity (Wildman–Crippen MR) is 189 cm³/mol. The molecule has 2 aromatic carbocycles. The molecule has 6 rings (SSSR count). The van der Waals surface area contributed by atoms with Gasteiger partial charge in [0.2, 0.25) is 0 Å². The van der Waals surface area contributed by atoms with Crippen LogP contribution >= 0.6 is 11.6 Å². The molecule has 3 aromatic heterocycles. The van der Waals surface area contributed by atoms with Gasteiger partial charge in [-0.25, -0.2) is 9.07 Å². The molecule has 0 spiro atoms. The standard InChI is InChI=1S/C37H42ClFN4O3Si/c1-24-18-27(13-15-40-24)36-30-21-29(31(39)22-32(30)43(41-36)35-12-7-8-17-45-35)25-14-16-42(34(44)20-25)33(26-10-9-11-28(38)19-26)23-46-47(5,6)37(2,3)4/h9-11,13-16,18-22,33,35H,7-8,12,17,23H2,1-6H3. The van der Waals surface area contributed by atoms with Crippen LogP contribution in [-0.4, -0.2) is 40.9 Å². The topological polar surface area (TPSA) is 71.2 Å². The van der Waals surface area contributed by atoms with Crippen LogP contribution in [0.4, 0.5) is 4.39 Å². The minimum Gasteiger partial charge on any atom is -0.414 e. The van der Waals surface area contributed by atoms with Crippen molar-refractivity contribution in [3.05, 3.63) is 106 Å². The number of nitrogens with zero attached hydrogens (tertiary/aromatic N) is 4. The van der Waals surface area contributed by atoms with Crippen LogP contribution in [0.25, 0.3) is 33.3 Å². The number of hydrogen-bond donors (Lipinski definition) is 0. The highest BCUT2D eigenvalue weighted by Crippen LogP contribution is 2.39. The summed E-state index contributed by atoms with van der Waals surface area (Å²) in [4.78, 5) is 18.2. The molecule has 2 atom stereocenters. The van der Waals surface area contributed by atoms with Crippen LogP contribution in [0.1, 0.15) is 63.6 Å². The molecule has 1 fully saturated rings. The number of ether oxygens (including phenoxy) is 1. The third kappa shape index (κ3) is 6.85. The lowest BCUT2D eigenvalue weighted by Crippen LogP contribution is -2.43. The molecule has 246 valence electrons. The van der Waals surface area contributed by atoms with Crippen molar-refractivity contribution in [3.8, 4) is 22.4 Å². The van der Waals surface area contributed by atoms with Gasteiger partial charge in [-0.3, -0.25) is 9.78 Å². The van der Waals surface area contributed by atoms with E-state index in [1.165, 1.54) is 12.1 Å². The number of rotatable bonds is 8. The molecule has 0 aliphatic carbocycles. The van der Waals surface area contributed by atoms with Gasteiger partial charge in [0.15, 0.2) is 14.5 Å². The Kier molecular flexibility index (Phi) is 9.28. The minimum atomic E-state index is -2.13. The van der Waals surface area contributed by atoms with Crippen LogP contribution in [0.3, 0.4) is 0 Å². The van der Waals surface area contributed by atoms with Gasteiger partial charge in [-0.15, -0.1) is 0 Å². The maximum Gasteiger partial charge on any atom is 0.251 e. The summed E-state index contributed by atoms with van der Waals surface area (Å²) in [6, 6.07) is 17.6. The second kappa shape index (κ2) is 13.1. The summed E-state index contributed by atoms with van der Waals surface area (Å²) in [5, 5.41) is 6.33. The van der Waals surface area contributed by atoms with Gasteiger partial charge in [0.1, 0.15) is 11.5 Å². The van der Waals surface area contributed by atoms with E-state index in [4.69, 9.17) is 25.9 Å². The van der Waals surface area contributed by atoms with E-state index >= 15 is 4.39 Å². The first-order valence-corrected chi connectivity index (χ1v) is 19.5. The molecule has 1 aliphatic rings. The summed E-state index contributed by atoms with van der Waals surface area (Å²) in [6.07, 6.45) is 6.03. The third-order valence-corrected chi connectivity index (χ3v) is 14.4. The first kappa shape index (κ1) is 33.3. The number of hydrogen-bond acceptors (Lipinski definition) is 5. The monoisotopic (exact) mass is 672 g/mol. The van der Waals surface area contributed by atoms with E-state index in [1.807, 2.05) is 48.0 Å². The lowest BCUT2D eigenvalue weighted by atomic mass is 10.0. The van der Waals surface area contributed by atoms with Crippen LogP contribution in [-0.2, 0) is 9.16 Å². The molecule has 47 heavy (non-hydrogen) atoms. The van der Waals surface area contributed by atoms with Crippen molar-refractivity contribution < 1.29 is 13.6 Å². The molecule has 1 aliphatic heterocycles. The molecule has 1 saturated heterocycles. The molecule has 7 nitrogen and oxygen atoms in total. The number of pyridine rings is 2. The van der Waals surface area contributed by atoms with Gasteiger partial charge < -0.3 is 13.7 Å². The molecule has 0 amide bonds. The van der Waals surface area contributed by atoms with Crippen LogP contribution in [0.2, 0.25) is 23.2 Å². The maximum absolute atomic E-state index is 16.1. The molecule has 10 heteroatoms. The Bertz CT molecular complexity index is 1980. The Hall–Kier alpha value is -3.63. The van der Waals surface area contributed by atoms with Crippen molar-refractivity contribution in [2.45, 2.75) is 77.4 Å². The SMILES string of the molecule is Cc1cc(-c2nn(C3CCCCO3)c3cc(F)c(-c4ccn(C(CO[Si](C)(C)C(C)(C)C)c5cccc(Cl)c5)c(=O)c4)cc23)ccn1. The highest BCUT2D eigenvalue weighted by atomic mass is 35.5. The second-order valence-electron chi connectivity index (χ2n) is 14.0. The van der Waals surface area contributed by atoms with E-state index in [0.717, 1.165) is 47.2 Å². The first-order valence-electron chi connectivity index (χ1n) is 16.2. The smallest absolute Gasteiger partial charge is 0.251 e. The zero-order valence-corrected chi connectivity index (χ0v) is 29.6. The second-order valence-corrected chi connectivity index (χ2v) is 19.2. The van der Waals surface area contributed by atoms with Crippen LogP contribution < -0.4 is 5.56 Å². The maximum atomic E-state index is 16.1. The highest BCUT2D eigenvalue weighted by molar-refractivity contribution is 6.74. The Morgan fingerprint density at radius 2 is 1.89 bits per heavy atom. The summed E-state index contributed by atoms with van der Waals surface area (Å²) >= 11 is 6.39. The number of aromatic nitrogens is 4. The van der Waals surface area contributed by atoms with Gasteiger partial charge in [0, 0.05) is 58.4 Å². The summed E-state index contributed by atoms with van der Waals surface area (Å²) in [6.45, 7) is 13.8. The van der Waals surface area contributed by atoms with Crippen LogP contribution in [0.5, 0.6) is 0 Å². The number of aryl methyl sites for hydroxylation is 1. The molecule has 4 heterocycles. The van der Waals surface area contributed by atoms with E-state index in [2.05, 4.69) is 38.8 Å². The van der Waals surface area contributed by atoms with E-state index in [-0.39, 0.29) is 16.8 Å². The van der Waals surface area contributed by atoms with Gasteiger partial charge >= 0.3 is 0 Å². The van der Waals surface area contributed by atoms with Crippen LogP contribution in [0, 0.1) is 12.7 Å². The van der Waals surface area contributed by atoms with Gasteiger partial charge in [0.25, 0.3) is 5.56 Å². The number of fused-ring (bicyclic) bond motifs is 1. The van der Waals surface area contributed by atoms with Gasteiger partial charge in [0.05, 0.1) is 18.2 Å². The van der Waals surface area contributed by atoms with Crippen molar-refractivity contribution >= 4 is 30.8 Å². The summed E-state index contributed by atoms with van der Waals surface area (Å²) in [7, 11) is -2.13. The fourth-order valence-electron chi connectivity index (χ4n) is 5.89. The summed E-state index contributed by atoms with van der Waals surface area (Å²) in [5.41, 5.74) is 4.54. The van der Waals surface area contributed by atoms with Crippen molar-refractivity contribution in [2.24, 2.45) is 0 Å². The molecule has 5 aromatic rings. The fraction of sp³-hybridized carbons (Fsp3) is 0.378. The van der Waals surface area contributed by atoms with Gasteiger partial charge in [-0.2, -0.15) is 5.10 Å². The number of benzene rings is 2. The van der Waals surface area contributed by atoms with Gasteiger partial charge in [-0.05, 0) is 91.8 Å². The number of halogens is 2.